The summed E-state index contributed by atoms with van der Waals surface area (Å²) in [5.74, 6) is 0.899. The maximum Gasteiger partial charge on any atom is 0.126 e. The maximum absolute atomic E-state index is 5.79. The van der Waals surface area contributed by atoms with E-state index in [1.54, 1.807) is 6.20 Å². The van der Waals surface area contributed by atoms with E-state index in [0.29, 0.717) is 11.1 Å². The number of anilines is 1. The lowest BCUT2D eigenvalue weighted by Crippen LogP contribution is -2.33. The van der Waals surface area contributed by atoms with Gasteiger partial charge in [0.2, 0.25) is 0 Å². The minimum Gasteiger partial charge on any atom is -0.366 e. The zero-order valence-electron chi connectivity index (χ0n) is 9.62. The monoisotopic (exact) mass is 239 g/mol. The first-order valence-electron chi connectivity index (χ1n) is 5.84. The normalized spacial score (nSPS) is 18.6. The third-order valence-electron chi connectivity index (χ3n) is 2.85. The highest BCUT2D eigenvalue weighted by Crippen LogP contribution is 2.12. The number of rotatable bonds is 4. The smallest absolute Gasteiger partial charge is 0.126 e. The second-order valence-electron chi connectivity index (χ2n) is 4.41. The molecule has 1 fully saturated rings. The molecule has 0 radical (unpaired) electrons. The molecule has 0 aliphatic carbocycles. The predicted molar refractivity (Wildman–Crippen MR) is 68.0 cm³/mol. The molecule has 4 heteroatoms. The molecular weight excluding hydrogens is 222 g/mol. The lowest BCUT2D eigenvalue weighted by atomic mass is 10.3. The molecule has 1 aromatic rings. The Balaban J connectivity index is 1.81. The van der Waals surface area contributed by atoms with Crippen molar-refractivity contribution in [1.29, 1.82) is 0 Å². The molecule has 2 rings (SSSR count). The minimum absolute atomic E-state index is 0.423. The van der Waals surface area contributed by atoms with Gasteiger partial charge >= 0.3 is 0 Å². The molecular formula is C12H18ClN3. The summed E-state index contributed by atoms with van der Waals surface area (Å²) >= 11 is 5.79. The third kappa shape index (κ3) is 3.35. The Hall–Kier alpha value is -0.800. The Bertz CT molecular complexity index is 320. The first-order valence-corrected chi connectivity index (χ1v) is 6.22. The molecule has 1 atom stereocenters. The van der Waals surface area contributed by atoms with Crippen LogP contribution in [0.5, 0.6) is 0 Å². The van der Waals surface area contributed by atoms with Gasteiger partial charge in [-0.15, -0.1) is 0 Å². The van der Waals surface area contributed by atoms with Gasteiger partial charge in [-0.2, -0.15) is 0 Å². The molecule has 88 valence electrons. The van der Waals surface area contributed by atoms with Crippen molar-refractivity contribution in [3.05, 3.63) is 23.4 Å². The fraction of sp³-hybridized carbons (Fsp3) is 0.583. The summed E-state index contributed by atoms with van der Waals surface area (Å²) in [5.41, 5.74) is 0. The van der Waals surface area contributed by atoms with Crippen molar-refractivity contribution in [3.8, 4) is 0 Å². The largest absolute Gasteiger partial charge is 0.366 e. The van der Waals surface area contributed by atoms with Crippen LogP contribution in [0.2, 0.25) is 5.02 Å². The number of pyridine rings is 1. The average molecular weight is 240 g/mol. The summed E-state index contributed by atoms with van der Waals surface area (Å²) in [6.07, 6.45) is 4.35. The molecule has 0 bridgehead atoms. The Kier molecular flexibility index (Phi) is 4.02. The quantitative estimate of drug-likeness (QED) is 0.876. The molecule has 1 saturated heterocycles. The Morgan fingerprint density at radius 1 is 1.44 bits per heavy atom. The van der Waals surface area contributed by atoms with Gasteiger partial charge in [0.1, 0.15) is 5.82 Å². The highest BCUT2D eigenvalue weighted by molar-refractivity contribution is 6.30. The molecule has 1 aliphatic heterocycles. The van der Waals surface area contributed by atoms with Crippen molar-refractivity contribution in [2.75, 3.05) is 25.0 Å². The van der Waals surface area contributed by atoms with E-state index in [-0.39, 0.29) is 0 Å². The molecule has 0 spiro atoms. The number of aromatic nitrogens is 1. The van der Waals surface area contributed by atoms with E-state index in [9.17, 15) is 0 Å². The highest BCUT2D eigenvalue weighted by Gasteiger charge is 2.14. The zero-order valence-corrected chi connectivity index (χ0v) is 10.4. The molecule has 16 heavy (non-hydrogen) atoms. The van der Waals surface area contributed by atoms with Crippen LogP contribution >= 0.6 is 11.6 Å². The van der Waals surface area contributed by atoms with Gasteiger partial charge in [-0.3, -0.25) is 0 Å². The molecule has 2 heterocycles. The van der Waals surface area contributed by atoms with Gasteiger partial charge in [0.25, 0.3) is 0 Å². The van der Waals surface area contributed by atoms with Crippen LogP contribution in [0.25, 0.3) is 0 Å². The van der Waals surface area contributed by atoms with E-state index in [2.05, 4.69) is 22.1 Å². The van der Waals surface area contributed by atoms with Crippen LogP contribution in [-0.4, -0.2) is 35.6 Å². The average Bonchev–Trinajstić information content (AvgIpc) is 2.74. The van der Waals surface area contributed by atoms with Crippen LogP contribution in [0, 0.1) is 0 Å². The van der Waals surface area contributed by atoms with Crippen LogP contribution in [0.4, 0.5) is 5.82 Å². The van der Waals surface area contributed by atoms with Crippen LogP contribution < -0.4 is 5.32 Å². The maximum atomic E-state index is 5.79. The van der Waals surface area contributed by atoms with E-state index in [0.717, 1.165) is 12.4 Å². The zero-order chi connectivity index (χ0) is 11.4. The van der Waals surface area contributed by atoms with E-state index in [1.807, 2.05) is 12.1 Å². The highest BCUT2D eigenvalue weighted by atomic mass is 35.5. The number of hydrogen-bond acceptors (Lipinski definition) is 3. The third-order valence-corrected chi connectivity index (χ3v) is 3.08. The number of nitrogens with one attached hydrogen (secondary N) is 1. The molecule has 0 saturated carbocycles. The van der Waals surface area contributed by atoms with Gasteiger partial charge in [-0.05, 0) is 45.0 Å². The van der Waals surface area contributed by atoms with Gasteiger partial charge < -0.3 is 10.2 Å². The van der Waals surface area contributed by atoms with E-state index in [1.165, 1.54) is 25.9 Å². The minimum atomic E-state index is 0.423. The lowest BCUT2D eigenvalue weighted by molar-refractivity contribution is 0.327. The van der Waals surface area contributed by atoms with Gasteiger partial charge in [0.05, 0.1) is 5.02 Å². The van der Waals surface area contributed by atoms with Gasteiger partial charge in [-0.1, -0.05) is 11.6 Å². The molecule has 1 N–H and O–H groups in total. The molecule has 3 nitrogen and oxygen atoms in total. The summed E-state index contributed by atoms with van der Waals surface area (Å²) < 4.78 is 0. The first kappa shape index (κ1) is 11.7. The van der Waals surface area contributed by atoms with Gasteiger partial charge in [-0.25, -0.2) is 4.98 Å². The number of halogens is 1. The Morgan fingerprint density at radius 3 is 2.81 bits per heavy atom. The van der Waals surface area contributed by atoms with Crippen molar-refractivity contribution in [3.63, 3.8) is 0 Å². The van der Waals surface area contributed by atoms with Crippen molar-refractivity contribution in [1.82, 2.24) is 9.88 Å². The van der Waals surface area contributed by atoms with Crippen molar-refractivity contribution < 1.29 is 0 Å². The Morgan fingerprint density at radius 2 is 2.19 bits per heavy atom. The molecule has 0 amide bonds. The number of hydrogen-bond donors (Lipinski definition) is 1. The molecule has 0 aromatic carbocycles. The second-order valence-corrected chi connectivity index (χ2v) is 4.85. The van der Waals surface area contributed by atoms with E-state index < -0.39 is 0 Å². The number of likely N-dealkylation sites (tertiary alicyclic amines) is 1. The fourth-order valence-corrected chi connectivity index (χ4v) is 2.22. The van der Waals surface area contributed by atoms with Crippen LogP contribution in [-0.2, 0) is 0 Å². The molecule has 1 unspecified atom stereocenters. The van der Waals surface area contributed by atoms with Gasteiger partial charge in [0, 0.05) is 18.8 Å². The lowest BCUT2D eigenvalue weighted by Gasteiger charge is -2.21. The van der Waals surface area contributed by atoms with Crippen LogP contribution in [0.15, 0.2) is 18.3 Å². The fourth-order valence-electron chi connectivity index (χ4n) is 2.11. The molecule has 1 aliphatic rings. The van der Waals surface area contributed by atoms with Crippen molar-refractivity contribution >= 4 is 17.4 Å². The second kappa shape index (κ2) is 5.51. The van der Waals surface area contributed by atoms with E-state index >= 15 is 0 Å². The van der Waals surface area contributed by atoms with E-state index in [4.69, 9.17) is 11.6 Å². The standard InChI is InChI=1S/C12H18ClN3/c1-10(9-16-6-2-3-7-16)15-12-5-4-11(13)8-14-12/h4-5,8,10H,2-3,6-7,9H2,1H3,(H,14,15). The first-order chi connectivity index (χ1) is 7.74. The Labute approximate surface area is 102 Å². The summed E-state index contributed by atoms with van der Waals surface area (Å²) in [5, 5.41) is 4.06. The summed E-state index contributed by atoms with van der Waals surface area (Å²) in [6.45, 7) is 5.75. The van der Waals surface area contributed by atoms with Crippen LogP contribution in [0.1, 0.15) is 19.8 Å². The topological polar surface area (TPSA) is 28.2 Å². The summed E-state index contributed by atoms with van der Waals surface area (Å²) in [7, 11) is 0. The van der Waals surface area contributed by atoms with Gasteiger partial charge in [0.15, 0.2) is 0 Å². The van der Waals surface area contributed by atoms with Crippen molar-refractivity contribution in [2.24, 2.45) is 0 Å². The predicted octanol–water partition coefficient (Wildman–Crippen LogP) is 2.63. The van der Waals surface area contributed by atoms with Crippen LogP contribution in [0.3, 0.4) is 0 Å². The SMILES string of the molecule is CC(CN1CCCC1)Nc1ccc(Cl)cn1. The summed E-state index contributed by atoms with van der Waals surface area (Å²) in [4.78, 5) is 6.72. The molecule has 1 aromatic heterocycles. The van der Waals surface area contributed by atoms with Crippen molar-refractivity contribution in [2.45, 2.75) is 25.8 Å². The number of nitrogens with zero attached hydrogens (tertiary/aromatic N) is 2. The summed E-state index contributed by atoms with van der Waals surface area (Å²) in [6, 6.07) is 4.20.